The number of benzene rings is 1. The summed E-state index contributed by atoms with van der Waals surface area (Å²) in [7, 11) is 0. The predicted molar refractivity (Wildman–Crippen MR) is 84.4 cm³/mol. The van der Waals surface area contributed by atoms with Gasteiger partial charge in [0, 0.05) is 18.7 Å². The highest BCUT2D eigenvalue weighted by atomic mass is 16.1. The van der Waals surface area contributed by atoms with E-state index in [0.717, 1.165) is 29.8 Å². The lowest BCUT2D eigenvalue weighted by molar-refractivity contribution is 0.0848. The number of aryl methyl sites for hydroxylation is 3. The van der Waals surface area contributed by atoms with E-state index in [-0.39, 0.29) is 5.78 Å². The first-order valence-electron chi connectivity index (χ1n) is 7.70. The summed E-state index contributed by atoms with van der Waals surface area (Å²) < 4.78 is 0. The zero-order valence-corrected chi connectivity index (χ0v) is 13.5. The van der Waals surface area contributed by atoms with Crippen LogP contribution in [-0.4, -0.2) is 30.3 Å². The van der Waals surface area contributed by atoms with E-state index in [0.29, 0.717) is 18.4 Å². The average molecular weight is 273 g/mol. The third kappa shape index (κ3) is 3.49. The van der Waals surface area contributed by atoms with Crippen molar-refractivity contribution in [2.24, 2.45) is 11.8 Å². The van der Waals surface area contributed by atoms with Crippen LogP contribution >= 0.6 is 0 Å². The van der Waals surface area contributed by atoms with Crippen molar-refractivity contribution in [3.8, 4) is 0 Å². The fourth-order valence-corrected chi connectivity index (χ4v) is 3.82. The number of ketones is 1. The molecule has 2 heteroatoms. The molecular weight excluding hydrogens is 246 g/mol. The van der Waals surface area contributed by atoms with Gasteiger partial charge in [0.25, 0.3) is 0 Å². The quantitative estimate of drug-likeness (QED) is 0.781. The Morgan fingerprint density at radius 2 is 1.60 bits per heavy atom. The molecule has 0 spiro atoms. The molecule has 1 aromatic rings. The molecule has 20 heavy (non-hydrogen) atoms. The number of hydrogen-bond donors (Lipinski definition) is 0. The van der Waals surface area contributed by atoms with E-state index in [2.05, 4.69) is 51.7 Å². The molecule has 2 nitrogen and oxygen atoms in total. The molecule has 1 aliphatic heterocycles. The van der Waals surface area contributed by atoms with Crippen LogP contribution in [-0.2, 0) is 0 Å². The molecule has 1 aliphatic rings. The molecule has 1 saturated heterocycles. The highest BCUT2D eigenvalue weighted by molar-refractivity contribution is 6.00. The van der Waals surface area contributed by atoms with Crippen LogP contribution in [0.5, 0.6) is 0 Å². The topological polar surface area (TPSA) is 20.3 Å². The number of Topliss-reactive ketones (excluding diaryl/α,β-unsaturated/α-hetero) is 1. The zero-order chi connectivity index (χ0) is 14.9. The summed E-state index contributed by atoms with van der Waals surface area (Å²) in [6.07, 6.45) is 1.28. The molecular formula is C18H27NO. The van der Waals surface area contributed by atoms with Crippen molar-refractivity contribution < 1.29 is 4.79 Å². The van der Waals surface area contributed by atoms with Gasteiger partial charge in [0.1, 0.15) is 0 Å². The third-order valence-corrected chi connectivity index (χ3v) is 4.27. The Labute approximate surface area is 123 Å². The Kier molecular flexibility index (Phi) is 4.64. The van der Waals surface area contributed by atoms with Gasteiger partial charge in [-0.25, -0.2) is 0 Å². The highest BCUT2D eigenvalue weighted by Crippen LogP contribution is 2.22. The second-order valence-electron chi connectivity index (χ2n) is 6.84. The van der Waals surface area contributed by atoms with Crippen LogP contribution in [0.4, 0.5) is 0 Å². The van der Waals surface area contributed by atoms with Gasteiger partial charge in [-0.3, -0.25) is 9.69 Å². The summed E-state index contributed by atoms with van der Waals surface area (Å²) in [6.45, 7) is 13.4. The van der Waals surface area contributed by atoms with Crippen LogP contribution in [0.1, 0.15) is 47.3 Å². The molecule has 0 radical (unpaired) electrons. The van der Waals surface area contributed by atoms with Crippen LogP contribution in [0.2, 0.25) is 0 Å². The van der Waals surface area contributed by atoms with E-state index in [9.17, 15) is 4.79 Å². The van der Waals surface area contributed by atoms with E-state index in [1.165, 1.54) is 12.0 Å². The van der Waals surface area contributed by atoms with Gasteiger partial charge in [0.15, 0.2) is 5.78 Å². The Morgan fingerprint density at radius 3 is 2.10 bits per heavy atom. The van der Waals surface area contributed by atoms with E-state index in [1.54, 1.807) is 0 Å². The largest absolute Gasteiger partial charge is 0.295 e. The van der Waals surface area contributed by atoms with Gasteiger partial charge in [-0.05, 0) is 50.2 Å². The number of likely N-dealkylation sites (tertiary alicyclic amines) is 1. The number of carbonyl (C=O) groups is 1. The first-order valence-corrected chi connectivity index (χ1v) is 7.70. The van der Waals surface area contributed by atoms with Crippen LogP contribution in [0.3, 0.4) is 0 Å². The monoisotopic (exact) mass is 273 g/mol. The lowest BCUT2D eigenvalue weighted by Crippen LogP contribution is -2.41. The van der Waals surface area contributed by atoms with Gasteiger partial charge in [-0.2, -0.15) is 0 Å². The van der Waals surface area contributed by atoms with Gasteiger partial charge in [0.05, 0.1) is 6.54 Å². The van der Waals surface area contributed by atoms with Crippen LogP contribution < -0.4 is 0 Å². The molecule has 0 aliphatic carbocycles. The predicted octanol–water partition coefficient (Wildman–Crippen LogP) is 3.77. The molecule has 0 saturated carbocycles. The molecule has 0 amide bonds. The van der Waals surface area contributed by atoms with E-state index in [4.69, 9.17) is 0 Å². The van der Waals surface area contributed by atoms with Gasteiger partial charge in [-0.1, -0.05) is 31.5 Å². The van der Waals surface area contributed by atoms with Crippen molar-refractivity contribution in [3.63, 3.8) is 0 Å². The standard InChI is InChI=1S/C18H27NO/c1-12-7-15(4)18(16(5)8-12)17(20)11-19-9-13(2)6-14(3)10-19/h7-8,13-14H,6,9-11H2,1-5H3. The van der Waals surface area contributed by atoms with Gasteiger partial charge in [0.2, 0.25) is 0 Å². The number of piperidine rings is 1. The lowest BCUT2D eigenvalue weighted by atomic mass is 9.91. The molecule has 2 atom stereocenters. The molecule has 2 rings (SSSR count). The van der Waals surface area contributed by atoms with E-state index < -0.39 is 0 Å². The lowest BCUT2D eigenvalue weighted by Gasteiger charge is -2.34. The van der Waals surface area contributed by atoms with Crippen molar-refractivity contribution in [3.05, 3.63) is 34.4 Å². The van der Waals surface area contributed by atoms with Crippen molar-refractivity contribution in [1.29, 1.82) is 0 Å². The molecule has 1 fully saturated rings. The Hall–Kier alpha value is -1.15. The first kappa shape index (κ1) is 15.2. The van der Waals surface area contributed by atoms with Gasteiger partial charge in [-0.15, -0.1) is 0 Å². The molecule has 1 heterocycles. The SMILES string of the molecule is Cc1cc(C)c(C(=O)CN2CC(C)CC(C)C2)c(C)c1. The average Bonchev–Trinajstić information content (AvgIpc) is 2.25. The van der Waals surface area contributed by atoms with E-state index in [1.807, 2.05) is 0 Å². The van der Waals surface area contributed by atoms with Crippen molar-refractivity contribution >= 4 is 5.78 Å². The van der Waals surface area contributed by atoms with Crippen LogP contribution in [0.15, 0.2) is 12.1 Å². The smallest absolute Gasteiger partial charge is 0.177 e. The molecule has 0 N–H and O–H groups in total. The summed E-state index contributed by atoms with van der Waals surface area (Å²) in [5.41, 5.74) is 4.40. The van der Waals surface area contributed by atoms with Gasteiger partial charge < -0.3 is 0 Å². The normalized spacial score (nSPS) is 23.9. The third-order valence-electron chi connectivity index (χ3n) is 4.27. The minimum atomic E-state index is 0.279. The second-order valence-corrected chi connectivity index (χ2v) is 6.84. The maximum Gasteiger partial charge on any atom is 0.177 e. The number of rotatable bonds is 3. The Morgan fingerprint density at radius 1 is 1.10 bits per heavy atom. The fourth-order valence-electron chi connectivity index (χ4n) is 3.82. The second kappa shape index (κ2) is 6.09. The molecule has 0 aromatic heterocycles. The zero-order valence-electron chi connectivity index (χ0n) is 13.5. The highest BCUT2D eigenvalue weighted by Gasteiger charge is 2.24. The van der Waals surface area contributed by atoms with Crippen molar-refractivity contribution in [2.45, 2.75) is 41.0 Å². The summed E-state index contributed by atoms with van der Waals surface area (Å²) in [6, 6.07) is 4.23. The number of carbonyl (C=O) groups excluding carboxylic acids is 1. The number of nitrogens with zero attached hydrogens (tertiary/aromatic N) is 1. The van der Waals surface area contributed by atoms with Gasteiger partial charge >= 0.3 is 0 Å². The Balaban J connectivity index is 2.12. The fraction of sp³-hybridized carbons (Fsp3) is 0.611. The molecule has 110 valence electrons. The maximum atomic E-state index is 12.6. The minimum Gasteiger partial charge on any atom is -0.295 e. The Bertz CT molecular complexity index is 473. The summed E-state index contributed by atoms with van der Waals surface area (Å²) in [4.78, 5) is 15.0. The van der Waals surface area contributed by atoms with Crippen LogP contribution in [0.25, 0.3) is 0 Å². The van der Waals surface area contributed by atoms with Crippen molar-refractivity contribution in [1.82, 2.24) is 4.90 Å². The van der Waals surface area contributed by atoms with Crippen LogP contribution in [0, 0.1) is 32.6 Å². The minimum absolute atomic E-state index is 0.279. The summed E-state index contributed by atoms with van der Waals surface area (Å²) in [5.74, 6) is 1.68. The summed E-state index contributed by atoms with van der Waals surface area (Å²) >= 11 is 0. The molecule has 0 bridgehead atoms. The number of hydrogen-bond acceptors (Lipinski definition) is 2. The molecule has 2 unspecified atom stereocenters. The maximum absolute atomic E-state index is 12.6. The summed E-state index contributed by atoms with van der Waals surface area (Å²) in [5, 5.41) is 0. The molecule has 1 aromatic carbocycles. The van der Waals surface area contributed by atoms with E-state index >= 15 is 0 Å². The first-order chi connectivity index (χ1) is 9.36. The van der Waals surface area contributed by atoms with Crippen molar-refractivity contribution in [2.75, 3.05) is 19.6 Å².